The molecule has 0 saturated carbocycles. The molecule has 1 aromatic heterocycles. The molecule has 0 saturated heterocycles. The lowest BCUT2D eigenvalue weighted by atomic mass is 9.77. The summed E-state index contributed by atoms with van der Waals surface area (Å²) in [6.45, 7) is 8.35. The molecular weight excluding hydrogens is 486 g/mol. The van der Waals surface area contributed by atoms with Gasteiger partial charge in [0.1, 0.15) is 38.3 Å². The Morgan fingerprint density at radius 3 is 2.40 bits per heavy atom. The van der Waals surface area contributed by atoms with Gasteiger partial charge in [-0.3, -0.25) is 0 Å². The van der Waals surface area contributed by atoms with E-state index in [0.717, 1.165) is 11.1 Å². The third-order valence-corrected chi connectivity index (χ3v) is 5.46. The average molecular weight is 517 g/mol. The zero-order valence-corrected chi connectivity index (χ0v) is 22.4. The molecule has 8 nitrogen and oxygen atoms in total. The van der Waals surface area contributed by atoms with E-state index in [0.29, 0.717) is 27.8 Å². The molecule has 3 rings (SSSR count). The predicted molar refractivity (Wildman–Crippen MR) is 140 cm³/mol. The van der Waals surface area contributed by atoms with Gasteiger partial charge >= 0.3 is 0 Å². The number of methoxy groups -OCH3 is 1. The smallest absolute Gasteiger partial charge is 0.273 e. The van der Waals surface area contributed by atoms with Crippen molar-refractivity contribution >= 4 is 30.4 Å². The Kier molecular flexibility index (Phi) is 9.74. The summed E-state index contributed by atoms with van der Waals surface area (Å²) in [6, 6.07) is 15.2. The number of nitrogens with zero attached hydrogens (tertiary/aromatic N) is 4. The molecule has 1 heterocycles. The average Bonchev–Trinajstić information content (AvgIpc) is 2.83. The summed E-state index contributed by atoms with van der Waals surface area (Å²) in [5.41, 5.74) is 5.17. The molecule has 1 unspecified atom stereocenters. The van der Waals surface area contributed by atoms with Crippen molar-refractivity contribution < 1.29 is 18.8 Å². The van der Waals surface area contributed by atoms with Crippen LogP contribution in [0.2, 0.25) is 5.02 Å². The normalized spacial score (nSPS) is 12.5. The van der Waals surface area contributed by atoms with Crippen molar-refractivity contribution in [2.45, 2.75) is 39.7 Å². The second-order valence-corrected chi connectivity index (χ2v) is 9.17. The van der Waals surface area contributed by atoms with Gasteiger partial charge in [0.05, 0.1) is 23.4 Å². The van der Waals surface area contributed by atoms with E-state index in [9.17, 15) is 10.5 Å². The van der Waals surface area contributed by atoms with Gasteiger partial charge in [0.25, 0.3) is 5.95 Å². The molecule has 186 valence electrons. The molecule has 10 heteroatoms. The molecule has 0 radical (unpaired) electrons. The lowest BCUT2D eigenvalue weighted by Gasteiger charge is -2.27. The van der Waals surface area contributed by atoms with Crippen LogP contribution in [0, 0.1) is 11.3 Å². The quantitative estimate of drug-likeness (QED) is 0.193. The number of aromatic nitrogens is 2. The first-order chi connectivity index (χ1) is 16.5. The molecular formula is C25H31ClN5O3S+. The molecule has 0 aliphatic carbocycles. The van der Waals surface area contributed by atoms with Gasteiger partial charge in [0, 0.05) is 11.6 Å². The summed E-state index contributed by atoms with van der Waals surface area (Å²) >= 11 is 10.3. The van der Waals surface area contributed by atoms with Crippen LogP contribution >= 0.6 is 24.4 Å². The van der Waals surface area contributed by atoms with Crippen molar-refractivity contribution in [1.82, 2.24) is 9.97 Å². The van der Waals surface area contributed by atoms with E-state index in [1.807, 2.05) is 44.2 Å². The molecule has 0 aliphatic rings. The van der Waals surface area contributed by atoms with Crippen LogP contribution in [0.3, 0.4) is 0 Å². The minimum absolute atomic E-state index is 0.223. The summed E-state index contributed by atoms with van der Waals surface area (Å²) in [5.74, 6) is 1.27. The maximum Gasteiger partial charge on any atom is 0.273 e. The van der Waals surface area contributed by atoms with Crippen LogP contribution in [0.5, 0.6) is 11.5 Å². The maximum atomic E-state index is 9.66. The SMILES string of the molecule is CC.COc1c(Cl)cc(C(C)(C)c2ccc(OCc3ccnc(N[N+](C)(O)S)n3)cc2)cc1C#N. The molecule has 0 aliphatic heterocycles. The van der Waals surface area contributed by atoms with E-state index >= 15 is 0 Å². The topological polar surface area (TPSA) is 100 Å². The van der Waals surface area contributed by atoms with E-state index in [1.54, 1.807) is 18.3 Å². The van der Waals surface area contributed by atoms with Crippen LogP contribution in [0.15, 0.2) is 48.7 Å². The molecule has 1 atom stereocenters. The fourth-order valence-corrected chi connectivity index (χ4v) is 3.64. The zero-order chi connectivity index (χ0) is 26.2. The number of thiol groups is 1. The Hall–Kier alpha value is -3.03. The van der Waals surface area contributed by atoms with Crippen LogP contribution in [0.4, 0.5) is 5.95 Å². The van der Waals surface area contributed by atoms with Crippen molar-refractivity contribution in [3.05, 3.63) is 76.1 Å². The van der Waals surface area contributed by atoms with E-state index in [4.69, 9.17) is 21.1 Å². The summed E-state index contributed by atoms with van der Waals surface area (Å²) in [7, 11) is 2.91. The number of hydrogen-bond donors (Lipinski definition) is 3. The largest absolute Gasteiger partial charge is 0.494 e. The van der Waals surface area contributed by atoms with Gasteiger partial charge in [-0.05, 0) is 45.6 Å². The van der Waals surface area contributed by atoms with Crippen molar-refractivity contribution in [2.75, 3.05) is 19.6 Å². The van der Waals surface area contributed by atoms with Crippen molar-refractivity contribution in [3.8, 4) is 17.6 Å². The van der Waals surface area contributed by atoms with Crippen molar-refractivity contribution in [2.24, 2.45) is 0 Å². The van der Waals surface area contributed by atoms with Gasteiger partial charge in [-0.25, -0.2) is 9.97 Å². The number of quaternary nitrogens is 1. The highest BCUT2D eigenvalue weighted by Gasteiger charge is 2.26. The summed E-state index contributed by atoms with van der Waals surface area (Å²) in [5, 5.41) is 19.5. The lowest BCUT2D eigenvalue weighted by Crippen LogP contribution is -2.36. The first-order valence-electron chi connectivity index (χ1n) is 11.0. The number of benzene rings is 2. The van der Waals surface area contributed by atoms with Gasteiger partial charge in [-0.1, -0.05) is 51.4 Å². The van der Waals surface area contributed by atoms with Gasteiger partial charge in [-0.2, -0.15) is 15.9 Å². The Bertz CT molecular complexity index is 1180. The van der Waals surface area contributed by atoms with Crippen LogP contribution in [-0.2, 0) is 12.0 Å². The Morgan fingerprint density at radius 2 is 1.83 bits per heavy atom. The number of nitrogens with one attached hydrogen (secondary N) is 1. The Labute approximate surface area is 217 Å². The minimum Gasteiger partial charge on any atom is -0.494 e. The number of ether oxygens (including phenoxy) is 2. The fraction of sp³-hybridized carbons (Fsp3) is 0.320. The van der Waals surface area contributed by atoms with Gasteiger partial charge in [0.2, 0.25) is 0 Å². The second-order valence-electron chi connectivity index (χ2n) is 7.99. The summed E-state index contributed by atoms with van der Waals surface area (Å²) in [6.07, 6.45) is 1.57. The van der Waals surface area contributed by atoms with E-state index in [1.165, 1.54) is 14.2 Å². The standard InChI is InChI=1S/C23H25ClN5O3S.C2H6/c1-23(2,17-11-15(13-25)21(31-4)20(24)12-17)16-5-7-19(8-6-16)32-14-18-9-10-26-22(27-18)28-29(3,30)33;1-2/h5-12,30,33H,14H2,1-4H3,(H,26,27,28);1-2H3/q+1;. The van der Waals surface area contributed by atoms with Crippen molar-refractivity contribution in [3.63, 3.8) is 0 Å². The number of anilines is 1. The number of halogens is 1. The van der Waals surface area contributed by atoms with Crippen LogP contribution in [0.25, 0.3) is 0 Å². The molecule has 35 heavy (non-hydrogen) atoms. The van der Waals surface area contributed by atoms with Gasteiger partial charge in [0.15, 0.2) is 5.75 Å². The van der Waals surface area contributed by atoms with Crippen LogP contribution in [-0.4, -0.2) is 33.5 Å². The summed E-state index contributed by atoms with van der Waals surface area (Å²) in [4.78, 5) is 8.32. The van der Waals surface area contributed by atoms with E-state index in [2.05, 4.69) is 48.1 Å². The number of hydroxylamine groups is 1. The minimum atomic E-state index is -0.795. The zero-order valence-electron chi connectivity index (χ0n) is 20.7. The Morgan fingerprint density at radius 1 is 1.17 bits per heavy atom. The highest BCUT2D eigenvalue weighted by atomic mass is 35.5. The van der Waals surface area contributed by atoms with E-state index in [-0.39, 0.29) is 12.6 Å². The van der Waals surface area contributed by atoms with Crippen LogP contribution < -0.4 is 14.9 Å². The van der Waals surface area contributed by atoms with Crippen molar-refractivity contribution in [1.29, 1.82) is 5.26 Å². The van der Waals surface area contributed by atoms with Gasteiger partial charge < -0.3 is 9.47 Å². The number of hydrogen-bond acceptors (Lipinski definition) is 8. The lowest BCUT2D eigenvalue weighted by molar-refractivity contribution is -0.955. The first kappa shape index (κ1) is 28.2. The predicted octanol–water partition coefficient (Wildman–Crippen LogP) is 5.95. The number of nitriles is 1. The molecule has 3 aromatic rings. The highest BCUT2D eigenvalue weighted by molar-refractivity contribution is 7.74. The first-order valence-corrected chi connectivity index (χ1v) is 11.7. The highest BCUT2D eigenvalue weighted by Crippen LogP contribution is 2.38. The van der Waals surface area contributed by atoms with Gasteiger partial charge in [-0.15, -0.1) is 0 Å². The van der Waals surface area contributed by atoms with Crippen LogP contribution in [0.1, 0.15) is 50.1 Å². The number of rotatable bonds is 8. The molecule has 0 amide bonds. The summed E-state index contributed by atoms with van der Waals surface area (Å²) < 4.78 is 10.3. The fourth-order valence-electron chi connectivity index (χ4n) is 3.26. The monoisotopic (exact) mass is 516 g/mol. The third-order valence-electron chi connectivity index (χ3n) is 5.08. The Balaban J connectivity index is 0.00000210. The van der Waals surface area contributed by atoms with E-state index < -0.39 is 9.58 Å². The molecule has 0 bridgehead atoms. The maximum absolute atomic E-state index is 9.66. The molecule has 0 fully saturated rings. The molecule has 0 spiro atoms. The molecule has 2 N–H and O–H groups in total. The molecule has 2 aromatic carbocycles. The third kappa shape index (κ3) is 7.47. The second kappa shape index (κ2) is 12.1.